The van der Waals surface area contributed by atoms with E-state index < -0.39 is 5.60 Å². The molecular formula is C14H20O2. The number of rotatable bonds is 5. The number of methoxy groups -OCH3 is 1. The fourth-order valence-corrected chi connectivity index (χ4v) is 1.65. The quantitative estimate of drug-likeness (QED) is 0.762. The fraction of sp³-hybridized carbons (Fsp3) is 0.500. The van der Waals surface area contributed by atoms with Crippen LogP contribution in [0.5, 0.6) is 0 Å². The van der Waals surface area contributed by atoms with E-state index in [9.17, 15) is 4.79 Å². The van der Waals surface area contributed by atoms with Crippen LogP contribution < -0.4 is 0 Å². The lowest BCUT2D eigenvalue weighted by molar-refractivity contribution is -0.138. The monoisotopic (exact) mass is 220 g/mol. The summed E-state index contributed by atoms with van der Waals surface area (Å²) in [7, 11) is 1.59. The summed E-state index contributed by atoms with van der Waals surface area (Å²) in [4.78, 5) is 12.1. The van der Waals surface area contributed by atoms with E-state index in [1.54, 1.807) is 7.11 Å². The molecular weight excluding hydrogens is 200 g/mol. The summed E-state index contributed by atoms with van der Waals surface area (Å²) in [6.45, 7) is 5.85. The van der Waals surface area contributed by atoms with Gasteiger partial charge in [0.15, 0.2) is 5.78 Å². The van der Waals surface area contributed by atoms with Crippen molar-refractivity contribution in [1.29, 1.82) is 0 Å². The first-order valence-corrected chi connectivity index (χ1v) is 5.66. The van der Waals surface area contributed by atoms with Gasteiger partial charge in [0.2, 0.25) is 0 Å². The molecule has 0 N–H and O–H groups in total. The van der Waals surface area contributed by atoms with E-state index in [2.05, 4.69) is 0 Å². The van der Waals surface area contributed by atoms with Crippen molar-refractivity contribution in [2.24, 2.45) is 0 Å². The van der Waals surface area contributed by atoms with Gasteiger partial charge in [0.1, 0.15) is 5.60 Å². The van der Waals surface area contributed by atoms with Gasteiger partial charge in [0, 0.05) is 13.5 Å². The third kappa shape index (κ3) is 2.92. The lowest BCUT2D eigenvalue weighted by Crippen LogP contribution is -2.37. The summed E-state index contributed by atoms with van der Waals surface area (Å²) in [5, 5.41) is 0. The maximum atomic E-state index is 12.1. The number of ether oxygens (including phenoxy) is 1. The molecule has 0 aliphatic heterocycles. The zero-order valence-corrected chi connectivity index (χ0v) is 10.5. The smallest absolute Gasteiger partial charge is 0.168 e. The molecule has 0 saturated heterocycles. The summed E-state index contributed by atoms with van der Waals surface area (Å²) >= 11 is 0. The van der Waals surface area contributed by atoms with E-state index in [1.165, 1.54) is 5.56 Å². The number of carbonyl (C=O) groups excluding carboxylic acids is 1. The van der Waals surface area contributed by atoms with Gasteiger partial charge >= 0.3 is 0 Å². The summed E-state index contributed by atoms with van der Waals surface area (Å²) in [5.74, 6) is 0.142. The van der Waals surface area contributed by atoms with Crippen LogP contribution in [-0.4, -0.2) is 18.5 Å². The van der Waals surface area contributed by atoms with Gasteiger partial charge in [-0.15, -0.1) is 0 Å². The second kappa shape index (κ2) is 5.26. The minimum atomic E-state index is -0.649. The molecule has 2 nitrogen and oxygen atoms in total. The van der Waals surface area contributed by atoms with Gasteiger partial charge in [-0.3, -0.25) is 4.79 Å². The Morgan fingerprint density at radius 1 is 1.44 bits per heavy atom. The highest BCUT2D eigenvalue weighted by molar-refractivity contribution is 5.88. The Hall–Kier alpha value is -1.15. The highest BCUT2D eigenvalue weighted by Crippen LogP contribution is 2.18. The Bertz CT molecular complexity index is 365. The first-order valence-electron chi connectivity index (χ1n) is 5.66. The predicted octanol–water partition coefficient (Wildman–Crippen LogP) is 2.92. The van der Waals surface area contributed by atoms with Crippen LogP contribution in [0.3, 0.4) is 0 Å². The minimum Gasteiger partial charge on any atom is -0.371 e. The Morgan fingerprint density at radius 2 is 2.12 bits per heavy atom. The van der Waals surface area contributed by atoms with E-state index in [0.29, 0.717) is 12.8 Å². The average molecular weight is 220 g/mol. The molecule has 0 radical (unpaired) electrons. The number of carbonyl (C=O) groups is 1. The summed E-state index contributed by atoms with van der Waals surface area (Å²) < 4.78 is 5.30. The molecule has 0 amide bonds. The van der Waals surface area contributed by atoms with Crippen molar-refractivity contribution in [1.82, 2.24) is 0 Å². The van der Waals surface area contributed by atoms with Crippen molar-refractivity contribution in [2.45, 2.75) is 39.2 Å². The average Bonchev–Trinajstić information content (AvgIpc) is 2.28. The Morgan fingerprint density at radius 3 is 2.62 bits per heavy atom. The molecule has 88 valence electrons. The maximum absolute atomic E-state index is 12.1. The Balaban J connectivity index is 2.78. The van der Waals surface area contributed by atoms with Gasteiger partial charge in [0.05, 0.1) is 0 Å². The van der Waals surface area contributed by atoms with Crippen molar-refractivity contribution >= 4 is 5.78 Å². The number of ketones is 1. The van der Waals surface area contributed by atoms with Crippen molar-refractivity contribution in [3.8, 4) is 0 Å². The second-order valence-corrected chi connectivity index (χ2v) is 4.38. The standard InChI is InChI=1S/C14H20O2/c1-5-14(3,16-4)13(15)10-12-8-6-7-11(2)9-12/h6-9H,5,10H2,1-4H3. The van der Waals surface area contributed by atoms with Gasteiger partial charge in [0.25, 0.3) is 0 Å². The molecule has 2 heteroatoms. The van der Waals surface area contributed by atoms with Gasteiger partial charge in [-0.25, -0.2) is 0 Å². The van der Waals surface area contributed by atoms with Crippen LogP contribution >= 0.6 is 0 Å². The largest absolute Gasteiger partial charge is 0.371 e. The van der Waals surface area contributed by atoms with Gasteiger partial charge in [-0.05, 0) is 25.8 Å². The van der Waals surface area contributed by atoms with Crippen LogP contribution in [0.25, 0.3) is 0 Å². The summed E-state index contributed by atoms with van der Waals surface area (Å²) in [6.07, 6.45) is 1.15. The predicted molar refractivity (Wildman–Crippen MR) is 65.6 cm³/mol. The normalized spacial score (nSPS) is 14.5. The summed E-state index contributed by atoms with van der Waals surface area (Å²) in [5.41, 5.74) is 1.59. The van der Waals surface area contributed by atoms with Crippen LogP contribution in [0.2, 0.25) is 0 Å². The third-order valence-electron chi connectivity index (χ3n) is 3.16. The first-order chi connectivity index (χ1) is 7.51. The SMILES string of the molecule is CCC(C)(OC)C(=O)Cc1cccc(C)c1. The zero-order valence-electron chi connectivity index (χ0n) is 10.5. The molecule has 0 bridgehead atoms. The molecule has 0 saturated carbocycles. The molecule has 1 aromatic rings. The molecule has 1 atom stereocenters. The van der Waals surface area contributed by atoms with Crippen molar-refractivity contribution in [2.75, 3.05) is 7.11 Å². The van der Waals surface area contributed by atoms with Crippen LogP contribution in [0.15, 0.2) is 24.3 Å². The Kier molecular flexibility index (Phi) is 4.25. The fourth-order valence-electron chi connectivity index (χ4n) is 1.65. The molecule has 0 heterocycles. The molecule has 1 aromatic carbocycles. The van der Waals surface area contributed by atoms with Crippen LogP contribution in [0.4, 0.5) is 0 Å². The summed E-state index contributed by atoms with van der Waals surface area (Å²) in [6, 6.07) is 8.04. The maximum Gasteiger partial charge on any atom is 0.168 e. The lowest BCUT2D eigenvalue weighted by atomic mass is 9.92. The van der Waals surface area contributed by atoms with Crippen LogP contribution in [0.1, 0.15) is 31.4 Å². The molecule has 1 rings (SSSR count). The molecule has 0 aliphatic rings. The number of aryl methyl sites for hydroxylation is 1. The van der Waals surface area contributed by atoms with Crippen molar-refractivity contribution in [3.63, 3.8) is 0 Å². The zero-order chi connectivity index (χ0) is 12.2. The Labute approximate surface area is 97.6 Å². The van der Waals surface area contributed by atoms with Gasteiger partial charge in [-0.2, -0.15) is 0 Å². The van der Waals surface area contributed by atoms with E-state index in [1.807, 2.05) is 45.0 Å². The molecule has 16 heavy (non-hydrogen) atoms. The molecule has 0 spiro atoms. The molecule has 1 unspecified atom stereocenters. The minimum absolute atomic E-state index is 0.142. The highest BCUT2D eigenvalue weighted by atomic mass is 16.5. The van der Waals surface area contributed by atoms with Crippen molar-refractivity contribution in [3.05, 3.63) is 35.4 Å². The van der Waals surface area contributed by atoms with E-state index in [-0.39, 0.29) is 5.78 Å². The van der Waals surface area contributed by atoms with Gasteiger partial charge in [-0.1, -0.05) is 36.8 Å². The van der Waals surface area contributed by atoms with Crippen LogP contribution in [0, 0.1) is 6.92 Å². The van der Waals surface area contributed by atoms with Crippen molar-refractivity contribution < 1.29 is 9.53 Å². The van der Waals surface area contributed by atoms with Gasteiger partial charge < -0.3 is 4.74 Å². The number of hydrogen-bond donors (Lipinski definition) is 0. The molecule has 0 aromatic heterocycles. The first kappa shape index (κ1) is 12.9. The molecule has 0 aliphatic carbocycles. The number of benzene rings is 1. The van der Waals surface area contributed by atoms with Crippen LogP contribution in [-0.2, 0) is 16.0 Å². The lowest BCUT2D eigenvalue weighted by Gasteiger charge is -2.24. The topological polar surface area (TPSA) is 26.3 Å². The van der Waals surface area contributed by atoms with E-state index in [0.717, 1.165) is 5.56 Å². The molecule has 0 fully saturated rings. The van der Waals surface area contributed by atoms with E-state index in [4.69, 9.17) is 4.74 Å². The highest BCUT2D eigenvalue weighted by Gasteiger charge is 2.30. The second-order valence-electron chi connectivity index (χ2n) is 4.38. The van der Waals surface area contributed by atoms with E-state index >= 15 is 0 Å². The third-order valence-corrected chi connectivity index (χ3v) is 3.16. The number of Topliss-reactive ketones (excluding diaryl/α,β-unsaturated/α-hetero) is 1. The number of hydrogen-bond acceptors (Lipinski definition) is 2.